The maximum absolute atomic E-state index is 15.5. The number of rotatable bonds is 15. The van der Waals surface area contributed by atoms with E-state index in [-0.39, 0.29) is 48.0 Å². The van der Waals surface area contributed by atoms with Crippen molar-refractivity contribution >= 4 is 16.6 Å². The Kier molecular flexibility index (Phi) is 12.1. The predicted octanol–water partition coefficient (Wildman–Crippen LogP) is 6.52. The first kappa shape index (κ1) is 40.4. The van der Waals surface area contributed by atoms with Gasteiger partial charge in [-0.1, -0.05) is 72.3 Å². The van der Waals surface area contributed by atoms with Gasteiger partial charge < -0.3 is 45.3 Å². The number of aromatic nitrogens is 1. The van der Waals surface area contributed by atoms with Gasteiger partial charge in [-0.2, -0.15) is 12.4 Å². The molecule has 10 nitrogen and oxygen atoms in total. The van der Waals surface area contributed by atoms with Crippen molar-refractivity contribution < 1.29 is 39.8 Å². The van der Waals surface area contributed by atoms with Crippen LogP contribution >= 0.6 is 0 Å². The Balaban J connectivity index is 1.31. The molecule has 5 atom stereocenters. The standard InChI is InChI=1S/C48H51N2O8/c1-49-27-31-20-36(25-37(51)21-31)48(26-29-11-14-41(52)43(22-29)57-2)44(54)16-13-39(47(48)56)45(55)35(19-30-17-18-50-28-30)23-34-12-15-42(53)46(58-3)40(34)24-33-9-6-8-32-7-4-5-10-38(32)33/h4-12,14-15,17-18,20-22,25,28,35,39,44-45,49,51-55H,13,16,19,23-24,26-27H2,1-3H3/q-1. The number of phenolic OH excluding ortho intramolecular Hbond substituents is 3. The summed E-state index contributed by atoms with van der Waals surface area (Å²) in [6, 6.07) is 29.5. The zero-order valence-electron chi connectivity index (χ0n) is 33.1. The predicted molar refractivity (Wildman–Crippen MR) is 223 cm³/mol. The topological polar surface area (TPSA) is 163 Å². The first-order valence-electron chi connectivity index (χ1n) is 19.7. The van der Waals surface area contributed by atoms with E-state index in [0.29, 0.717) is 42.7 Å². The molecular formula is C48H51N2O8-. The largest absolute Gasteiger partial charge is 0.670 e. The van der Waals surface area contributed by atoms with Crippen molar-refractivity contribution in [3.05, 3.63) is 148 Å². The van der Waals surface area contributed by atoms with Crippen LogP contribution in [-0.4, -0.2) is 64.8 Å². The van der Waals surface area contributed by atoms with Gasteiger partial charge in [-0.15, -0.1) is 0 Å². The maximum Gasteiger partial charge on any atom is 0.164 e. The molecule has 302 valence electrons. The molecule has 1 saturated carbocycles. The van der Waals surface area contributed by atoms with Crippen molar-refractivity contribution in [3.8, 4) is 28.7 Å². The Morgan fingerprint density at radius 3 is 2.38 bits per heavy atom. The summed E-state index contributed by atoms with van der Waals surface area (Å²) in [7, 11) is 4.77. The summed E-state index contributed by atoms with van der Waals surface area (Å²) >= 11 is 0. The summed E-state index contributed by atoms with van der Waals surface area (Å²) in [5.74, 6) is -1.25. The Labute approximate surface area is 338 Å². The van der Waals surface area contributed by atoms with Gasteiger partial charge in [0.25, 0.3) is 0 Å². The summed E-state index contributed by atoms with van der Waals surface area (Å²) in [6.45, 7) is 0.411. The Morgan fingerprint density at radius 1 is 0.828 bits per heavy atom. The number of ether oxygens (including phenoxy) is 2. The average Bonchev–Trinajstić information content (AvgIpc) is 3.74. The lowest BCUT2D eigenvalue weighted by Gasteiger charge is -2.46. The van der Waals surface area contributed by atoms with E-state index >= 15 is 4.79 Å². The quantitative estimate of drug-likeness (QED) is 0.0676. The number of aliphatic hydroxyl groups is 2. The number of carbonyl (C=O) groups is 1. The third kappa shape index (κ3) is 8.00. The van der Waals surface area contributed by atoms with Gasteiger partial charge in [0, 0.05) is 24.4 Å². The highest BCUT2D eigenvalue weighted by Gasteiger charge is 2.54. The molecule has 6 aromatic rings. The van der Waals surface area contributed by atoms with Crippen LogP contribution < -0.4 is 19.8 Å². The van der Waals surface area contributed by atoms with E-state index in [4.69, 9.17) is 9.47 Å². The minimum Gasteiger partial charge on any atom is -0.670 e. The van der Waals surface area contributed by atoms with Crippen molar-refractivity contribution in [3.63, 3.8) is 0 Å². The fourth-order valence-electron chi connectivity index (χ4n) is 9.14. The van der Waals surface area contributed by atoms with Crippen LogP contribution in [0.2, 0.25) is 0 Å². The highest BCUT2D eigenvalue weighted by Crippen LogP contribution is 2.47. The van der Waals surface area contributed by atoms with E-state index < -0.39 is 29.5 Å². The zero-order chi connectivity index (χ0) is 41.0. The van der Waals surface area contributed by atoms with Gasteiger partial charge in [0.05, 0.1) is 31.8 Å². The fraction of sp³-hybridized carbons (Fsp3) is 0.312. The van der Waals surface area contributed by atoms with Gasteiger partial charge in [-0.25, -0.2) is 0 Å². The molecule has 5 unspecified atom stereocenters. The molecule has 6 N–H and O–H groups in total. The molecule has 1 heterocycles. The Hall–Kier alpha value is -5.81. The van der Waals surface area contributed by atoms with Gasteiger partial charge in [-0.3, -0.25) is 4.79 Å². The lowest BCUT2D eigenvalue weighted by molar-refractivity contribution is -0.144. The molecular weight excluding hydrogens is 733 g/mol. The van der Waals surface area contributed by atoms with Crippen LogP contribution in [0, 0.1) is 11.8 Å². The van der Waals surface area contributed by atoms with Gasteiger partial charge in [0.15, 0.2) is 28.8 Å². The van der Waals surface area contributed by atoms with Gasteiger partial charge in [0.2, 0.25) is 0 Å². The van der Waals surface area contributed by atoms with E-state index in [1.165, 1.54) is 26.4 Å². The fourth-order valence-corrected chi connectivity index (χ4v) is 9.14. The SMILES string of the molecule is CNCc1cc(O)cc(C2(Cc3ccc(O)c(OC)c3)C(=O)C(C(O)C(Cc3cc[n-]c3)Cc3ccc(O)c(OC)c3Cc3cccc4ccccc34)CCC2O)c1. The van der Waals surface area contributed by atoms with E-state index in [0.717, 1.165) is 38.6 Å². The molecule has 1 aliphatic rings. The van der Waals surface area contributed by atoms with E-state index in [9.17, 15) is 25.5 Å². The number of hydrogen-bond acceptors (Lipinski definition) is 9. The maximum atomic E-state index is 15.5. The van der Waals surface area contributed by atoms with Crippen LogP contribution in [0.3, 0.4) is 0 Å². The van der Waals surface area contributed by atoms with Crippen molar-refractivity contribution in [2.24, 2.45) is 11.8 Å². The lowest BCUT2D eigenvalue weighted by Crippen LogP contribution is -2.57. The second-order valence-corrected chi connectivity index (χ2v) is 15.5. The molecule has 58 heavy (non-hydrogen) atoms. The van der Waals surface area contributed by atoms with Crippen LogP contribution in [0.15, 0.2) is 109 Å². The normalized spacial score (nSPS) is 19.2. The number of aromatic hydroxyl groups is 3. The monoisotopic (exact) mass is 783 g/mol. The summed E-state index contributed by atoms with van der Waals surface area (Å²) in [5.41, 5.74) is 3.83. The number of Topliss-reactive ketones (excluding diaryl/α,β-unsaturated/α-hetero) is 1. The summed E-state index contributed by atoms with van der Waals surface area (Å²) < 4.78 is 11.2. The third-order valence-electron chi connectivity index (χ3n) is 12.0. The minimum atomic E-state index is -1.57. The van der Waals surface area contributed by atoms with Crippen LogP contribution in [0.5, 0.6) is 28.7 Å². The lowest BCUT2D eigenvalue weighted by atomic mass is 9.58. The average molecular weight is 784 g/mol. The molecule has 0 spiro atoms. The molecule has 0 aliphatic heterocycles. The molecule has 1 aliphatic carbocycles. The number of methoxy groups -OCH3 is 2. The van der Waals surface area contributed by atoms with Crippen LogP contribution in [0.4, 0.5) is 0 Å². The van der Waals surface area contributed by atoms with Crippen LogP contribution in [0.25, 0.3) is 10.8 Å². The number of ketones is 1. The van der Waals surface area contributed by atoms with Crippen molar-refractivity contribution in [2.45, 2.75) is 62.7 Å². The van der Waals surface area contributed by atoms with Crippen molar-refractivity contribution in [1.82, 2.24) is 10.3 Å². The smallest absolute Gasteiger partial charge is 0.164 e. The number of nitrogens with zero attached hydrogens (tertiary/aromatic N) is 1. The number of benzene rings is 5. The van der Waals surface area contributed by atoms with Crippen LogP contribution in [0.1, 0.15) is 51.8 Å². The van der Waals surface area contributed by atoms with E-state index in [2.05, 4.69) is 34.6 Å². The van der Waals surface area contributed by atoms with Gasteiger partial charge >= 0.3 is 0 Å². The van der Waals surface area contributed by atoms with Crippen LogP contribution in [-0.2, 0) is 42.4 Å². The molecule has 0 amide bonds. The Morgan fingerprint density at radius 2 is 1.62 bits per heavy atom. The second kappa shape index (κ2) is 17.4. The van der Waals surface area contributed by atoms with Gasteiger partial charge in [-0.05, 0) is 114 Å². The minimum absolute atomic E-state index is 0.00895. The molecule has 10 heteroatoms. The first-order chi connectivity index (χ1) is 28.1. The summed E-state index contributed by atoms with van der Waals surface area (Å²) in [4.78, 5) is 19.8. The summed E-state index contributed by atoms with van der Waals surface area (Å²) in [6.07, 6.45) is 2.83. The highest BCUT2D eigenvalue weighted by molar-refractivity contribution is 5.95. The first-order valence-corrected chi connectivity index (χ1v) is 19.7. The zero-order valence-corrected chi connectivity index (χ0v) is 33.1. The number of carbonyl (C=O) groups excluding carboxylic acids is 1. The van der Waals surface area contributed by atoms with Crippen molar-refractivity contribution in [2.75, 3.05) is 21.3 Å². The second-order valence-electron chi connectivity index (χ2n) is 15.5. The number of hydrogen-bond donors (Lipinski definition) is 6. The molecule has 5 aromatic carbocycles. The van der Waals surface area contributed by atoms with E-state index in [1.807, 2.05) is 36.4 Å². The van der Waals surface area contributed by atoms with E-state index in [1.54, 1.807) is 43.7 Å². The van der Waals surface area contributed by atoms with Gasteiger partial charge in [0.1, 0.15) is 5.75 Å². The molecule has 0 bridgehead atoms. The molecule has 1 aromatic heterocycles. The number of nitrogens with one attached hydrogen (secondary N) is 1. The number of phenols is 3. The third-order valence-corrected chi connectivity index (χ3v) is 12.0. The summed E-state index contributed by atoms with van der Waals surface area (Å²) in [5, 5.41) is 62.5. The number of aliphatic hydroxyl groups excluding tert-OH is 2. The highest BCUT2D eigenvalue weighted by atomic mass is 16.5. The molecule has 1 fully saturated rings. The van der Waals surface area contributed by atoms with Crippen molar-refractivity contribution in [1.29, 1.82) is 0 Å². The Bertz CT molecular complexity index is 2370. The molecule has 0 saturated heterocycles. The number of fused-ring (bicyclic) bond motifs is 1. The molecule has 0 radical (unpaired) electrons. The molecule has 7 rings (SSSR count).